The SMILES string of the molecule is CC1(COc2ccccc2-c2cc(C(=O)O)no2)COC1. The minimum Gasteiger partial charge on any atom is -0.492 e. The molecule has 0 spiro atoms. The zero-order valence-corrected chi connectivity index (χ0v) is 11.5. The van der Waals surface area contributed by atoms with Gasteiger partial charge in [0.15, 0.2) is 11.5 Å². The van der Waals surface area contributed by atoms with Gasteiger partial charge in [0.25, 0.3) is 0 Å². The van der Waals surface area contributed by atoms with Crippen LogP contribution in [-0.4, -0.2) is 36.1 Å². The molecule has 110 valence electrons. The van der Waals surface area contributed by atoms with E-state index in [4.69, 9.17) is 19.1 Å². The van der Waals surface area contributed by atoms with E-state index in [1.165, 1.54) is 6.07 Å². The van der Waals surface area contributed by atoms with Crippen molar-refractivity contribution in [2.24, 2.45) is 5.41 Å². The normalized spacial score (nSPS) is 16.2. The highest BCUT2D eigenvalue weighted by Gasteiger charge is 2.34. The van der Waals surface area contributed by atoms with Gasteiger partial charge in [-0.3, -0.25) is 0 Å². The number of carboxylic acids is 1. The monoisotopic (exact) mass is 289 g/mol. The van der Waals surface area contributed by atoms with Crippen LogP contribution < -0.4 is 4.74 Å². The summed E-state index contributed by atoms with van der Waals surface area (Å²) in [6.07, 6.45) is 0. The fourth-order valence-electron chi connectivity index (χ4n) is 2.08. The van der Waals surface area contributed by atoms with Crippen molar-refractivity contribution >= 4 is 5.97 Å². The second-order valence-electron chi connectivity index (χ2n) is 5.47. The number of aromatic carboxylic acids is 1. The molecule has 1 aromatic heterocycles. The summed E-state index contributed by atoms with van der Waals surface area (Å²) >= 11 is 0. The largest absolute Gasteiger partial charge is 0.492 e. The second kappa shape index (κ2) is 5.21. The van der Waals surface area contributed by atoms with Crippen LogP contribution in [0.1, 0.15) is 17.4 Å². The average molecular weight is 289 g/mol. The molecule has 0 aliphatic carbocycles. The van der Waals surface area contributed by atoms with Crippen LogP contribution in [0.4, 0.5) is 0 Å². The van der Waals surface area contributed by atoms with Crippen LogP contribution in [0.25, 0.3) is 11.3 Å². The molecule has 21 heavy (non-hydrogen) atoms. The zero-order chi connectivity index (χ0) is 14.9. The number of rotatable bonds is 5. The number of nitrogens with zero attached hydrogens (tertiary/aromatic N) is 1. The Morgan fingerprint density at radius 1 is 1.43 bits per heavy atom. The van der Waals surface area contributed by atoms with Gasteiger partial charge in [-0.1, -0.05) is 24.2 Å². The predicted octanol–water partition coefficient (Wildman–Crippen LogP) is 2.46. The highest BCUT2D eigenvalue weighted by Crippen LogP contribution is 2.33. The lowest BCUT2D eigenvalue weighted by atomic mass is 9.90. The second-order valence-corrected chi connectivity index (χ2v) is 5.47. The molecular formula is C15H15NO5. The molecular weight excluding hydrogens is 274 g/mol. The predicted molar refractivity (Wildman–Crippen MR) is 73.3 cm³/mol. The number of benzene rings is 1. The van der Waals surface area contributed by atoms with Gasteiger partial charge in [-0.15, -0.1) is 0 Å². The quantitative estimate of drug-likeness (QED) is 0.910. The number of para-hydroxylation sites is 1. The molecule has 1 fully saturated rings. The molecule has 3 rings (SSSR count). The molecule has 6 heteroatoms. The van der Waals surface area contributed by atoms with E-state index in [2.05, 4.69) is 12.1 Å². The molecule has 0 unspecified atom stereocenters. The third-order valence-electron chi connectivity index (χ3n) is 3.36. The molecule has 1 N–H and O–H groups in total. The van der Waals surface area contributed by atoms with E-state index in [1.807, 2.05) is 18.2 Å². The first-order valence-corrected chi connectivity index (χ1v) is 6.57. The highest BCUT2D eigenvalue weighted by atomic mass is 16.5. The van der Waals surface area contributed by atoms with Crippen LogP contribution in [0.5, 0.6) is 5.75 Å². The fraction of sp³-hybridized carbons (Fsp3) is 0.333. The van der Waals surface area contributed by atoms with E-state index in [-0.39, 0.29) is 11.1 Å². The van der Waals surface area contributed by atoms with Crippen molar-refractivity contribution in [3.05, 3.63) is 36.0 Å². The van der Waals surface area contributed by atoms with Crippen LogP contribution in [0, 0.1) is 5.41 Å². The molecule has 2 aromatic rings. The minimum absolute atomic E-state index is 0.0285. The summed E-state index contributed by atoms with van der Waals surface area (Å²) in [6.45, 7) is 3.99. The molecule has 0 radical (unpaired) electrons. The molecule has 1 saturated heterocycles. The van der Waals surface area contributed by atoms with Gasteiger partial charge < -0.3 is 19.1 Å². The van der Waals surface area contributed by atoms with E-state index < -0.39 is 5.97 Å². The summed E-state index contributed by atoms with van der Waals surface area (Å²) in [5, 5.41) is 12.4. The van der Waals surface area contributed by atoms with Crippen molar-refractivity contribution in [1.29, 1.82) is 0 Å². The summed E-state index contributed by atoms with van der Waals surface area (Å²) in [5.41, 5.74) is 0.585. The number of aromatic nitrogens is 1. The Kier molecular flexibility index (Phi) is 3.39. The Balaban J connectivity index is 1.82. The molecule has 2 heterocycles. The van der Waals surface area contributed by atoms with E-state index in [0.717, 1.165) is 0 Å². The van der Waals surface area contributed by atoms with Gasteiger partial charge in [-0.25, -0.2) is 4.79 Å². The van der Waals surface area contributed by atoms with Crippen LogP contribution >= 0.6 is 0 Å². The summed E-state index contributed by atoms with van der Waals surface area (Å²) in [6, 6.07) is 8.70. The molecule has 0 saturated carbocycles. The maximum absolute atomic E-state index is 10.9. The van der Waals surface area contributed by atoms with Gasteiger partial charge in [0.2, 0.25) is 0 Å². The summed E-state index contributed by atoms with van der Waals surface area (Å²) < 4.78 is 16.1. The maximum atomic E-state index is 10.9. The summed E-state index contributed by atoms with van der Waals surface area (Å²) in [4.78, 5) is 10.9. The van der Waals surface area contributed by atoms with Gasteiger partial charge in [-0.2, -0.15) is 0 Å². The highest BCUT2D eigenvalue weighted by molar-refractivity contribution is 5.86. The molecule has 0 bridgehead atoms. The van der Waals surface area contributed by atoms with Crippen molar-refractivity contribution in [3.8, 4) is 17.1 Å². The number of hydrogen-bond donors (Lipinski definition) is 1. The van der Waals surface area contributed by atoms with Crippen molar-refractivity contribution in [2.45, 2.75) is 6.92 Å². The zero-order valence-electron chi connectivity index (χ0n) is 11.5. The smallest absolute Gasteiger partial charge is 0.358 e. The van der Waals surface area contributed by atoms with Crippen LogP contribution in [-0.2, 0) is 4.74 Å². The van der Waals surface area contributed by atoms with Crippen molar-refractivity contribution < 1.29 is 23.9 Å². The Bertz CT molecular complexity index is 660. The molecule has 0 atom stereocenters. The van der Waals surface area contributed by atoms with Gasteiger partial charge in [-0.05, 0) is 12.1 Å². The minimum atomic E-state index is -1.12. The number of carbonyl (C=O) groups is 1. The van der Waals surface area contributed by atoms with Gasteiger partial charge >= 0.3 is 5.97 Å². The number of carboxylic acid groups (broad SMARTS) is 1. The van der Waals surface area contributed by atoms with E-state index in [1.54, 1.807) is 6.07 Å². The van der Waals surface area contributed by atoms with Crippen molar-refractivity contribution in [1.82, 2.24) is 5.16 Å². The van der Waals surface area contributed by atoms with Crippen LogP contribution in [0.15, 0.2) is 34.9 Å². The Morgan fingerprint density at radius 3 is 2.81 bits per heavy atom. The fourth-order valence-corrected chi connectivity index (χ4v) is 2.08. The third-order valence-corrected chi connectivity index (χ3v) is 3.36. The van der Waals surface area contributed by atoms with Gasteiger partial charge in [0.1, 0.15) is 5.75 Å². The van der Waals surface area contributed by atoms with E-state index >= 15 is 0 Å². The summed E-state index contributed by atoms with van der Waals surface area (Å²) in [7, 11) is 0. The lowest BCUT2D eigenvalue weighted by molar-refractivity contribution is -0.120. The molecule has 1 aliphatic heterocycles. The summed E-state index contributed by atoms with van der Waals surface area (Å²) in [5.74, 6) is -0.112. The maximum Gasteiger partial charge on any atom is 0.358 e. The molecule has 6 nitrogen and oxygen atoms in total. The number of hydrogen-bond acceptors (Lipinski definition) is 5. The van der Waals surface area contributed by atoms with Crippen LogP contribution in [0.3, 0.4) is 0 Å². The standard InChI is InChI=1S/C15H15NO5/c1-15(7-19-8-15)9-20-12-5-3-2-4-10(12)13-6-11(14(17)18)16-21-13/h2-6H,7-9H2,1H3,(H,17,18). The van der Waals surface area contributed by atoms with Crippen molar-refractivity contribution in [3.63, 3.8) is 0 Å². The lowest BCUT2D eigenvalue weighted by Crippen LogP contribution is -2.44. The Labute approximate surface area is 121 Å². The topological polar surface area (TPSA) is 81.8 Å². The lowest BCUT2D eigenvalue weighted by Gasteiger charge is -2.37. The first-order valence-electron chi connectivity index (χ1n) is 6.57. The Morgan fingerprint density at radius 2 is 2.19 bits per heavy atom. The van der Waals surface area contributed by atoms with Crippen LogP contribution in [0.2, 0.25) is 0 Å². The number of ether oxygens (including phenoxy) is 2. The van der Waals surface area contributed by atoms with Gasteiger partial charge in [0, 0.05) is 11.5 Å². The van der Waals surface area contributed by atoms with E-state index in [9.17, 15) is 4.79 Å². The van der Waals surface area contributed by atoms with Gasteiger partial charge in [0.05, 0.1) is 25.4 Å². The third kappa shape index (κ3) is 2.75. The molecule has 0 amide bonds. The molecule has 1 aromatic carbocycles. The first-order chi connectivity index (χ1) is 10.1. The van der Waals surface area contributed by atoms with E-state index in [0.29, 0.717) is 36.9 Å². The van der Waals surface area contributed by atoms with Crippen molar-refractivity contribution in [2.75, 3.05) is 19.8 Å². The first kappa shape index (κ1) is 13.6. The Hall–Kier alpha value is -2.34. The molecule has 1 aliphatic rings. The average Bonchev–Trinajstić information content (AvgIpc) is 2.93.